The number of nitrogens with zero attached hydrogens (tertiary/aromatic N) is 1. The fourth-order valence-corrected chi connectivity index (χ4v) is 1.72. The van der Waals surface area contributed by atoms with Gasteiger partial charge in [-0.1, -0.05) is 6.07 Å². The van der Waals surface area contributed by atoms with Gasteiger partial charge in [0.15, 0.2) is 0 Å². The average Bonchev–Trinajstić information content (AvgIpc) is 2.43. The molecule has 0 unspecified atom stereocenters. The average molecular weight is 283 g/mol. The van der Waals surface area contributed by atoms with E-state index in [0.717, 1.165) is 0 Å². The van der Waals surface area contributed by atoms with E-state index in [2.05, 4.69) is 10.6 Å². The zero-order valence-electron chi connectivity index (χ0n) is 11.8. The molecule has 112 valence electrons. The Morgan fingerprint density at radius 1 is 1.20 bits per heavy atom. The summed E-state index contributed by atoms with van der Waals surface area (Å²) in [5.41, 5.74) is 1.07. The Labute approximate surface area is 118 Å². The lowest BCUT2D eigenvalue weighted by molar-refractivity contribution is -0.383. The summed E-state index contributed by atoms with van der Waals surface area (Å²) in [5, 5.41) is 17.2. The van der Waals surface area contributed by atoms with Gasteiger partial charge in [-0.25, -0.2) is 0 Å². The number of nitro groups is 1. The molecule has 0 saturated carbocycles. The summed E-state index contributed by atoms with van der Waals surface area (Å²) >= 11 is 0. The first-order chi connectivity index (χ1) is 9.70. The van der Waals surface area contributed by atoms with Crippen LogP contribution in [0.4, 0.5) is 17.1 Å². The van der Waals surface area contributed by atoms with Crippen LogP contribution in [-0.2, 0) is 9.47 Å². The SMILES string of the molecule is CCNc1cccc(NCCOCCOC)c1[N+](=O)[O-]. The van der Waals surface area contributed by atoms with Crippen LogP contribution in [0, 0.1) is 10.1 Å². The number of rotatable bonds is 10. The van der Waals surface area contributed by atoms with Crippen molar-refractivity contribution in [1.29, 1.82) is 0 Å². The molecule has 20 heavy (non-hydrogen) atoms. The normalized spacial score (nSPS) is 10.3. The third-order valence-corrected chi connectivity index (χ3v) is 2.58. The monoisotopic (exact) mass is 283 g/mol. The van der Waals surface area contributed by atoms with Crippen LogP contribution in [-0.4, -0.2) is 44.9 Å². The van der Waals surface area contributed by atoms with Gasteiger partial charge in [0.1, 0.15) is 11.4 Å². The van der Waals surface area contributed by atoms with Gasteiger partial charge in [-0.2, -0.15) is 0 Å². The fraction of sp³-hybridized carbons (Fsp3) is 0.538. The molecular weight excluding hydrogens is 262 g/mol. The first-order valence-electron chi connectivity index (χ1n) is 6.52. The van der Waals surface area contributed by atoms with Crippen LogP contribution in [0.5, 0.6) is 0 Å². The van der Waals surface area contributed by atoms with E-state index < -0.39 is 0 Å². The molecule has 1 aromatic carbocycles. The highest BCUT2D eigenvalue weighted by atomic mass is 16.6. The number of para-hydroxylation sites is 1. The summed E-state index contributed by atoms with van der Waals surface area (Å²) < 4.78 is 10.2. The van der Waals surface area contributed by atoms with Crippen LogP contribution >= 0.6 is 0 Å². The third kappa shape index (κ3) is 5.02. The molecule has 0 radical (unpaired) electrons. The maximum absolute atomic E-state index is 11.2. The number of ether oxygens (including phenoxy) is 2. The van der Waals surface area contributed by atoms with E-state index in [1.54, 1.807) is 25.3 Å². The Bertz CT molecular complexity index is 426. The van der Waals surface area contributed by atoms with Crippen molar-refractivity contribution in [2.75, 3.05) is 50.7 Å². The Hall–Kier alpha value is -1.86. The molecule has 0 aliphatic rings. The quantitative estimate of drug-likeness (QED) is 0.388. The van der Waals surface area contributed by atoms with Crippen molar-refractivity contribution in [3.8, 4) is 0 Å². The first-order valence-corrected chi connectivity index (χ1v) is 6.52. The lowest BCUT2D eigenvalue weighted by atomic mass is 10.2. The molecule has 2 N–H and O–H groups in total. The Kier molecular flexibility index (Phi) is 7.38. The first kappa shape index (κ1) is 16.2. The van der Waals surface area contributed by atoms with Crippen molar-refractivity contribution >= 4 is 17.1 Å². The Balaban J connectivity index is 2.60. The van der Waals surface area contributed by atoms with Crippen molar-refractivity contribution in [1.82, 2.24) is 0 Å². The van der Waals surface area contributed by atoms with E-state index in [-0.39, 0.29) is 10.6 Å². The zero-order chi connectivity index (χ0) is 14.8. The zero-order valence-corrected chi connectivity index (χ0v) is 11.8. The largest absolute Gasteiger partial charge is 0.382 e. The van der Waals surface area contributed by atoms with Gasteiger partial charge < -0.3 is 20.1 Å². The molecule has 0 saturated heterocycles. The molecule has 0 aliphatic carbocycles. The molecule has 0 spiro atoms. The molecule has 0 aromatic heterocycles. The lowest BCUT2D eigenvalue weighted by Gasteiger charge is -2.11. The van der Waals surface area contributed by atoms with E-state index in [1.807, 2.05) is 6.92 Å². The number of hydrogen-bond acceptors (Lipinski definition) is 6. The predicted molar refractivity (Wildman–Crippen MR) is 78.4 cm³/mol. The number of anilines is 2. The van der Waals surface area contributed by atoms with E-state index in [9.17, 15) is 10.1 Å². The molecule has 0 atom stereocenters. The molecule has 1 aromatic rings. The predicted octanol–water partition coefficient (Wildman–Crippen LogP) is 2.10. The minimum absolute atomic E-state index is 0.0613. The van der Waals surface area contributed by atoms with Gasteiger partial charge in [0, 0.05) is 20.2 Å². The van der Waals surface area contributed by atoms with E-state index in [4.69, 9.17) is 9.47 Å². The molecular formula is C13H21N3O4. The number of nitro benzene ring substituents is 1. The number of benzene rings is 1. The van der Waals surface area contributed by atoms with Crippen LogP contribution in [0.1, 0.15) is 6.92 Å². The standard InChI is InChI=1S/C13H21N3O4/c1-3-14-11-5-4-6-12(13(11)16(17)18)15-7-8-20-10-9-19-2/h4-6,14-15H,3,7-10H2,1-2H3. The second-order valence-electron chi connectivity index (χ2n) is 4.02. The van der Waals surface area contributed by atoms with Gasteiger partial charge in [0.2, 0.25) is 0 Å². The molecule has 0 aliphatic heterocycles. The lowest BCUT2D eigenvalue weighted by Crippen LogP contribution is -2.13. The Morgan fingerprint density at radius 3 is 2.50 bits per heavy atom. The highest BCUT2D eigenvalue weighted by molar-refractivity contribution is 5.76. The van der Waals surface area contributed by atoms with E-state index >= 15 is 0 Å². The molecule has 7 heteroatoms. The molecule has 0 bridgehead atoms. The van der Waals surface area contributed by atoms with Gasteiger partial charge in [-0.15, -0.1) is 0 Å². The summed E-state index contributed by atoms with van der Waals surface area (Å²) in [6, 6.07) is 5.16. The summed E-state index contributed by atoms with van der Waals surface area (Å²) in [6.07, 6.45) is 0. The van der Waals surface area contributed by atoms with Gasteiger partial charge in [0.05, 0.1) is 24.7 Å². The maximum atomic E-state index is 11.2. The number of hydrogen-bond donors (Lipinski definition) is 2. The van der Waals surface area contributed by atoms with Gasteiger partial charge in [-0.05, 0) is 19.1 Å². The highest BCUT2D eigenvalue weighted by Crippen LogP contribution is 2.32. The van der Waals surface area contributed by atoms with Gasteiger partial charge in [-0.3, -0.25) is 10.1 Å². The van der Waals surface area contributed by atoms with Crippen LogP contribution in [0.3, 0.4) is 0 Å². The second-order valence-corrected chi connectivity index (χ2v) is 4.02. The summed E-state index contributed by atoms with van der Waals surface area (Å²) in [5.74, 6) is 0. The van der Waals surface area contributed by atoms with Crippen molar-refractivity contribution in [3.05, 3.63) is 28.3 Å². The van der Waals surface area contributed by atoms with Gasteiger partial charge >= 0.3 is 5.69 Å². The third-order valence-electron chi connectivity index (χ3n) is 2.58. The minimum Gasteiger partial charge on any atom is -0.382 e. The van der Waals surface area contributed by atoms with Crippen LogP contribution < -0.4 is 10.6 Å². The molecule has 7 nitrogen and oxygen atoms in total. The number of nitrogens with one attached hydrogen (secondary N) is 2. The summed E-state index contributed by atoms with van der Waals surface area (Å²) in [7, 11) is 1.61. The smallest absolute Gasteiger partial charge is 0.315 e. The van der Waals surface area contributed by atoms with Gasteiger partial charge in [0.25, 0.3) is 0 Å². The summed E-state index contributed by atoms with van der Waals surface area (Å²) in [4.78, 5) is 10.8. The van der Waals surface area contributed by atoms with Crippen LogP contribution in [0.2, 0.25) is 0 Å². The van der Waals surface area contributed by atoms with E-state index in [1.165, 1.54) is 0 Å². The fourth-order valence-electron chi connectivity index (χ4n) is 1.72. The Morgan fingerprint density at radius 2 is 1.90 bits per heavy atom. The molecule has 0 amide bonds. The second kappa shape index (κ2) is 9.11. The van der Waals surface area contributed by atoms with Crippen molar-refractivity contribution in [3.63, 3.8) is 0 Å². The highest BCUT2D eigenvalue weighted by Gasteiger charge is 2.18. The number of methoxy groups -OCH3 is 1. The van der Waals surface area contributed by atoms with Crippen molar-refractivity contribution in [2.24, 2.45) is 0 Å². The summed E-state index contributed by atoms with van der Waals surface area (Å²) in [6.45, 7) is 4.54. The molecule has 1 rings (SSSR count). The van der Waals surface area contributed by atoms with E-state index in [0.29, 0.717) is 44.3 Å². The van der Waals surface area contributed by atoms with Crippen molar-refractivity contribution < 1.29 is 14.4 Å². The van der Waals surface area contributed by atoms with Crippen LogP contribution in [0.25, 0.3) is 0 Å². The van der Waals surface area contributed by atoms with Crippen LogP contribution in [0.15, 0.2) is 18.2 Å². The molecule has 0 heterocycles. The molecule has 0 fully saturated rings. The maximum Gasteiger partial charge on any atom is 0.315 e. The minimum atomic E-state index is -0.383. The van der Waals surface area contributed by atoms with Crippen molar-refractivity contribution in [2.45, 2.75) is 6.92 Å². The topological polar surface area (TPSA) is 85.7 Å².